The number of rotatable bonds is 9. The van der Waals surface area contributed by atoms with Gasteiger partial charge in [0.1, 0.15) is 18.5 Å². The second-order valence-electron chi connectivity index (χ2n) is 11.6. The van der Waals surface area contributed by atoms with E-state index in [0.29, 0.717) is 19.1 Å². The average molecular weight is 630 g/mol. The molecular weight excluding hydrogens is 591 g/mol. The summed E-state index contributed by atoms with van der Waals surface area (Å²) in [5.74, 6) is -2.04. The van der Waals surface area contributed by atoms with E-state index in [-0.39, 0.29) is 12.5 Å². The van der Waals surface area contributed by atoms with Crippen LogP contribution in [0.5, 0.6) is 5.75 Å². The van der Waals surface area contributed by atoms with Gasteiger partial charge in [-0.2, -0.15) is 13.2 Å². The minimum atomic E-state index is -5.08. The SMILES string of the molecule is O=C(O)C(F)(F)F.O=C1NCCc2[nH]c(-c3ccnc(-c4ccc(OCC(O)CN5CCC[C@@H]5CN5CCCC5)cc4)c3)cc21. The number of H-pyrrole nitrogens is 1. The van der Waals surface area contributed by atoms with Gasteiger partial charge in [0.05, 0.1) is 11.3 Å². The van der Waals surface area contributed by atoms with Gasteiger partial charge in [-0.15, -0.1) is 0 Å². The van der Waals surface area contributed by atoms with Crippen molar-refractivity contribution in [1.29, 1.82) is 0 Å². The number of ether oxygens (including phenoxy) is 1. The first-order chi connectivity index (χ1) is 21.6. The number of carboxylic acid groups (broad SMARTS) is 1. The Hall–Kier alpha value is -3.94. The number of aromatic amines is 1. The number of alkyl halides is 3. The molecule has 0 spiro atoms. The predicted octanol–water partition coefficient (Wildman–Crippen LogP) is 3.96. The fourth-order valence-electron chi connectivity index (χ4n) is 6.05. The van der Waals surface area contributed by atoms with Crippen LogP contribution in [0.2, 0.25) is 0 Å². The summed E-state index contributed by atoms with van der Waals surface area (Å²) < 4.78 is 37.7. The van der Waals surface area contributed by atoms with E-state index in [4.69, 9.17) is 14.6 Å². The molecule has 3 aliphatic rings. The standard InChI is InChI=1S/C30H37N5O3.C2HF3O2/c36-24(19-35-15-3-4-23(35)18-34-13-1-2-14-34)20-38-25-7-5-21(6-8-25)28-16-22(9-11-31-28)29-17-26-27(33-29)10-12-32-30(26)37;3-2(4,5)1(6)7/h5-9,11,16-17,23-24,33,36H,1-4,10,12-15,18-20H2,(H,32,37);(H,6,7)/t23-,24?;/m1./s1. The van der Waals surface area contributed by atoms with E-state index in [0.717, 1.165) is 59.0 Å². The van der Waals surface area contributed by atoms with Crippen molar-refractivity contribution in [2.45, 2.75) is 50.4 Å². The number of β-amino-alcohol motifs (C(OH)–C–C–N with tert-alkyl or cyclic N) is 1. The summed E-state index contributed by atoms with van der Waals surface area (Å²) in [5, 5.41) is 20.7. The molecule has 1 aromatic carbocycles. The molecule has 6 rings (SSSR count). The number of aliphatic carboxylic acids is 1. The second kappa shape index (κ2) is 14.4. The number of aliphatic hydroxyl groups is 1. The molecule has 3 aromatic rings. The lowest BCUT2D eigenvalue weighted by Gasteiger charge is -2.29. The van der Waals surface area contributed by atoms with Gasteiger partial charge in [-0.25, -0.2) is 4.79 Å². The van der Waals surface area contributed by atoms with Gasteiger partial charge >= 0.3 is 12.1 Å². The molecule has 4 N–H and O–H groups in total. The third-order valence-corrected chi connectivity index (χ3v) is 8.32. The number of likely N-dealkylation sites (tertiary alicyclic amines) is 2. The van der Waals surface area contributed by atoms with Crippen molar-refractivity contribution in [2.75, 3.05) is 45.9 Å². The summed E-state index contributed by atoms with van der Waals surface area (Å²) in [7, 11) is 0. The topological polar surface area (TPSA) is 131 Å². The van der Waals surface area contributed by atoms with Gasteiger partial charge in [-0.3, -0.25) is 14.7 Å². The van der Waals surface area contributed by atoms with Crippen LogP contribution in [0.25, 0.3) is 22.5 Å². The quantitative estimate of drug-likeness (QED) is 0.280. The van der Waals surface area contributed by atoms with Crippen LogP contribution in [0.1, 0.15) is 41.7 Å². The van der Waals surface area contributed by atoms with Crippen LogP contribution in [-0.4, -0.2) is 106 Å². The fraction of sp³-hybridized carbons (Fsp3) is 0.469. The van der Waals surface area contributed by atoms with Crippen LogP contribution in [0.3, 0.4) is 0 Å². The highest BCUT2D eigenvalue weighted by atomic mass is 19.4. The Morgan fingerprint density at radius 1 is 1.07 bits per heavy atom. The number of hydrogen-bond donors (Lipinski definition) is 4. The highest BCUT2D eigenvalue weighted by molar-refractivity contribution is 5.97. The van der Waals surface area contributed by atoms with E-state index in [2.05, 4.69) is 25.1 Å². The molecule has 45 heavy (non-hydrogen) atoms. The molecule has 1 unspecified atom stereocenters. The van der Waals surface area contributed by atoms with Crippen molar-refractivity contribution >= 4 is 11.9 Å². The van der Waals surface area contributed by atoms with Gasteiger partial charge in [-0.1, -0.05) is 0 Å². The number of carbonyl (C=O) groups is 2. The van der Waals surface area contributed by atoms with Crippen LogP contribution >= 0.6 is 0 Å². The minimum absolute atomic E-state index is 0.0222. The van der Waals surface area contributed by atoms with E-state index in [1.807, 2.05) is 42.5 Å². The first-order valence-corrected chi connectivity index (χ1v) is 15.2. The second-order valence-corrected chi connectivity index (χ2v) is 11.6. The number of nitrogens with one attached hydrogen (secondary N) is 2. The monoisotopic (exact) mass is 629 g/mol. The number of hydrogen-bond acceptors (Lipinski definition) is 7. The lowest BCUT2D eigenvalue weighted by molar-refractivity contribution is -0.192. The molecule has 0 radical (unpaired) electrons. The lowest BCUT2D eigenvalue weighted by Crippen LogP contribution is -2.43. The molecule has 1 amide bonds. The number of amides is 1. The van der Waals surface area contributed by atoms with Gasteiger partial charge in [0, 0.05) is 60.8 Å². The van der Waals surface area contributed by atoms with Gasteiger partial charge in [0.2, 0.25) is 0 Å². The molecule has 0 saturated carbocycles. The molecule has 242 valence electrons. The van der Waals surface area contributed by atoms with Crippen molar-refractivity contribution in [3.8, 4) is 28.3 Å². The van der Waals surface area contributed by atoms with Gasteiger partial charge in [0.15, 0.2) is 0 Å². The van der Waals surface area contributed by atoms with Crippen LogP contribution < -0.4 is 10.1 Å². The summed E-state index contributed by atoms with van der Waals surface area (Å²) in [4.78, 5) is 34.0. The molecule has 5 heterocycles. The minimum Gasteiger partial charge on any atom is -0.491 e. The first-order valence-electron chi connectivity index (χ1n) is 15.2. The molecule has 10 nitrogen and oxygen atoms in total. The largest absolute Gasteiger partial charge is 0.491 e. The molecule has 2 saturated heterocycles. The van der Waals surface area contributed by atoms with Crippen LogP contribution in [-0.2, 0) is 11.2 Å². The van der Waals surface area contributed by atoms with Crippen LogP contribution in [0.4, 0.5) is 13.2 Å². The Kier molecular flexibility index (Phi) is 10.4. The Bertz CT molecular complexity index is 1460. The van der Waals surface area contributed by atoms with Crippen LogP contribution in [0.15, 0.2) is 48.7 Å². The number of aromatic nitrogens is 2. The first kappa shape index (κ1) is 32.5. The average Bonchev–Trinajstić information content (AvgIpc) is 3.79. The van der Waals surface area contributed by atoms with Crippen molar-refractivity contribution in [3.63, 3.8) is 0 Å². The Morgan fingerprint density at radius 3 is 2.49 bits per heavy atom. The number of carbonyl (C=O) groups excluding carboxylic acids is 1. The number of carboxylic acids is 1. The zero-order chi connectivity index (χ0) is 32.0. The highest BCUT2D eigenvalue weighted by Crippen LogP contribution is 2.28. The number of benzene rings is 1. The Balaban J connectivity index is 0.000000515. The molecule has 2 fully saturated rings. The fourth-order valence-corrected chi connectivity index (χ4v) is 6.05. The van der Waals surface area contributed by atoms with Crippen molar-refractivity contribution in [1.82, 2.24) is 25.1 Å². The van der Waals surface area contributed by atoms with Gasteiger partial charge in [0.25, 0.3) is 5.91 Å². The molecule has 0 bridgehead atoms. The molecule has 2 atom stereocenters. The molecule has 0 aliphatic carbocycles. The third-order valence-electron chi connectivity index (χ3n) is 8.32. The van der Waals surface area contributed by atoms with Gasteiger partial charge in [-0.05, 0) is 87.8 Å². The molecule has 2 aromatic heterocycles. The van der Waals surface area contributed by atoms with E-state index >= 15 is 0 Å². The lowest BCUT2D eigenvalue weighted by atomic mass is 10.1. The summed E-state index contributed by atoms with van der Waals surface area (Å²) in [6.07, 6.45) is 2.08. The Morgan fingerprint density at radius 2 is 1.80 bits per heavy atom. The van der Waals surface area contributed by atoms with E-state index in [1.165, 1.54) is 38.8 Å². The number of halogens is 3. The number of pyridine rings is 1. The van der Waals surface area contributed by atoms with Crippen LogP contribution in [0, 0.1) is 0 Å². The number of aliphatic hydroxyl groups excluding tert-OH is 1. The summed E-state index contributed by atoms with van der Waals surface area (Å²) in [5.41, 5.74) is 5.45. The van der Waals surface area contributed by atoms with E-state index in [1.54, 1.807) is 6.20 Å². The third kappa shape index (κ3) is 8.62. The number of nitrogens with zero attached hydrogens (tertiary/aromatic N) is 3. The summed E-state index contributed by atoms with van der Waals surface area (Å²) >= 11 is 0. The van der Waals surface area contributed by atoms with Gasteiger partial charge < -0.3 is 30.2 Å². The maximum atomic E-state index is 12.1. The molecular formula is C32H38F3N5O5. The zero-order valence-electron chi connectivity index (χ0n) is 24.9. The van der Waals surface area contributed by atoms with E-state index < -0.39 is 18.2 Å². The maximum Gasteiger partial charge on any atom is 0.490 e. The Labute approximate surface area is 259 Å². The summed E-state index contributed by atoms with van der Waals surface area (Å²) in [6, 6.07) is 14.3. The predicted molar refractivity (Wildman–Crippen MR) is 161 cm³/mol. The maximum absolute atomic E-state index is 12.1. The molecule has 3 aliphatic heterocycles. The van der Waals surface area contributed by atoms with Crippen molar-refractivity contribution in [2.24, 2.45) is 0 Å². The zero-order valence-corrected chi connectivity index (χ0v) is 24.9. The number of fused-ring (bicyclic) bond motifs is 1. The van der Waals surface area contributed by atoms with Crippen molar-refractivity contribution < 1.29 is 37.7 Å². The smallest absolute Gasteiger partial charge is 0.490 e. The van der Waals surface area contributed by atoms with E-state index in [9.17, 15) is 23.1 Å². The van der Waals surface area contributed by atoms with Crippen molar-refractivity contribution in [3.05, 3.63) is 59.9 Å². The highest BCUT2D eigenvalue weighted by Gasteiger charge is 2.38. The summed E-state index contributed by atoms with van der Waals surface area (Å²) in [6.45, 7) is 6.25. The normalized spacial score (nSPS) is 19.4. The molecule has 13 heteroatoms.